The van der Waals surface area contributed by atoms with Crippen LogP contribution in [0.5, 0.6) is 0 Å². The highest BCUT2D eigenvalue weighted by Gasteiger charge is 2.32. The molecule has 0 bridgehead atoms. The number of aromatic nitrogens is 2. The summed E-state index contributed by atoms with van der Waals surface area (Å²) in [7, 11) is 2.99. The average molecular weight is 624 g/mol. The minimum Gasteiger partial charge on any atom is -0.355 e. The smallest absolute Gasteiger partial charge is 0.355 e. The Labute approximate surface area is 255 Å². The van der Waals surface area contributed by atoms with E-state index >= 15 is 0 Å². The van der Waals surface area contributed by atoms with E-state index in [9.17, 15) is 36.7 Å². The Morgan fingerprint density at radius 2 is 1.67 bits per heavy atom. The molecule has 4 rings (SSSR count). The number of anilines is 1. The second-order valence-electron chi connectivity index (χ2n) is 10.2. The topological polar surface area (TPSA) is 133 Å². The minimum absolute atomic E-state index is 0.0112. The Kier molecular flexibility index (Phi) is 9.62. The van der Waals surface area contributed by atoms with Crippen LogP contribution in [0.2, 0.25) is 0 Å². The number of halogens is 4. The molecule has 1 aromatic heterocycles. The molecular weight excluding hydrogens is 594 g/mol. The predicted octanol–water partition coefficient (Wildman–Crippen LogP) is 4.63. The van der Waals surface area contributed by atoms with E-state index in [-0.39, 0.29) is 40.1 Å². The first-order chi connectivity index (χ1) is 21.2. The largest absolute Gasteiger partial charge is 0.416 e. The monoisotopic (exact) mass is 623 g/mol. The highest BCUT2D eigenvalue weighted by molar-refractivity contribution is 6.09. The van der Waals surface area contributed by atoms with Crippen molar-refractivity contribution >= 4 is 23.4 Å². The molecule has 1 atom stereocenters. The van der Waals surface area contributed by atoms with Crippen molar-refractivity contribution in [3.8, 4) is 11.3 Å². The molecular formula is C32H29F4N5O4. The number of nitrogens with one attached hydrogen (secondary N) is 4. The Morgan fingerprint density at radius 1 is 0.978 bits per heavy atom. The van der Waals surface area contributed by atoms with Gasteiger partial charge in [0.2, 0.25) is 5.91 Å². The second-order valence-corrected chi connectivity index (χ2v) is 10.2. The van der Waals surface area contributed by atoms with Crippen LogP contribution in [0.15, 0.2) is 65.5 Å². The molecule has 4 N–H and O–H groups in total. The van der Waals surface area contributed by atoms with Gasteiger partial charge in [0.1, 0.15) is 5.82 Å². The van der Waals surface area contributed by atoms with Crippen LogP contribution in [0.3, 0.4) is 0 Å². The van der Waals surface area contributed by atoms with Gasteiger partial charge in [-0.05, 0) is 80.6 Å². The van der Waals surface area contributed by atoms with Gasteiger partial charge in [-0.1, -0.05) is 12.1 Å². The highest BCUT2D eigenvalue weighted by atomic mass is 19.4. The number of H-pyrrole nitrogens is 1. The molecule has 1 heterocycles. The molecule has 2 amide bonds. The molecule has 0 radical (unpaired) electrons. The van der Waals surface area contributed by atoms with Gasteiger partial charge in [-0.3, -0.25) is 19.2 Å². The van der Waals surface area contributed by atoms with E-state index in [1.807, 2.05) is 0 Å². The lowest BCUT2D eigenvalue weighted by molar-refractivity contribution is -0.137. The molecule has 0 aliphatic rings. The van der Waals surface area contributed by atoms with Crippen LogP contribution in [0.25, 0.3) is 11.3 Å². The number of amides is 2. The number of benzene rings is 3. The van der Waals surface area contributed by atoms with Crippen LogP contribution in [-0.2, 0) is 17.4 Å². The van der Waals surface area contributed by atoms with E-state index in [1.165, 1.54) is 32.3 Å². The Morgan fingerprint density at radius 3 is 2.29 bits per heavy atom. The molecule has 9 nitrogen and oxygen atoms in total. The first kappa shape index (κ1) is 32.7. The van der Waals surface area contributed by atoms with Crippen molar-refractivity contribution in [3.63, 3.8) is 0 Å². The van der Waals surface area contributed by atoms with E-state index in [0.717, 1.165) is 18.2 Å². The zero-order valence-corrected chi connectivity index (χ0v) is 24.7. The van der Waals surface area contributed by atoms with Crippen LogP contribution in [0, 0.1) is 12.7 Å². The van der Waals surface area contributed by atoms with Gasteiger partial charge in [0, 0.05) is 35.7 Å². The molecule has 45 heavy (non-hydrogen) atoms. The molecule has 0 aliphatic carbocycles. The Hall–Kier alpha value is -5.17. The van der Waals surface area contributed by atoms with E-state index in [2.05, 4.69) is 25.9 Å². The molecule has 0 fully saturated rings. The summed E-state index contributed by atoms with van der Waals surface area (Å²) in [6.07, 6.45) is -5.15. The Bertz CT molecular complexity index is 1840. The fraction of sp³-hybridized carbons (Fsp3) is 0.219. The first-order valence-corrected chi connectivity index (χ1v) is 13.7. The van der Waals surface area contributed by atoms with Crippen LogP contribution < -0.4 is 21.5 Å². The SMILES string of the molecule is CNC(=O)c1cccc(-c2[nH]c(=O)c(NC(=O)[C@H](C)NC)nc2Cc2cc(C(=O)c3ccc(F)cc3)cc(C(F)(F)F)c2)c1C. The van der Waals surface area contributed by atoms with Crippen LogP contribution in [0.1, 0.15) is 55.6 Å². The molecule has 0 saturated carbocycles. The summed E-state index contributed by atoms with van der Waals surface area (Å²) < 4.78 is 55.5. The number of alkyl halides is 3. The van der Waals surface area contributed by atoms with Gasteiger partial charge in [0.25, 0.3) is 11.5 Å². The summed E-state index contributed by atoms with van der Waals surface area (Å²) in [5.74, 6) is -2.76. The highest BCUT2D eigenvalue weighted by Crippen LogP contribution is 2.33. The molecule has 4 aromatic rings. The number of ketones is 1. The predicted molar refractivity (Wildman–Crippen MR) is 160 cm³/mol. The average Bonchev–Trinajstić information content (AvgIpc) is 3.01. The minimum atomic E-state index is -4.82. The van der Waals surface area contributed by atoms with Crippen LogP contribution >= 0.6 is 0 Å². The molecule has 0 aliphatic heterocycles. The normalized spacial score (nSPS) is 12.0. The molecule has 0 spiro atoms. The fourth-order valence-electron chi connectivity index (χ4n) is 4.62. The maximum Gasteiger partial charge on any atom is 0.416 e. The fourth-order valence-corrected chi connectivity index (χ4v) is 4.62. The number of hydrogen-bond acceptors (Lipinski definition) is 6. The van der Waals surface area contributed by atoms with Gasteiger partial charge < -0.3 is 20.9 Å². The number of rotatable bonds is 9. The van der Waals surface area contributed by atoms with Gasteiger partial charge >= 0.3 is 6.18 Å². The standard InChI is InChI=1S/C32H29F4N5O4/c1-16-23(6-5-7-24(16)30(44)38-4)26-25(39-28(31(45)40-26)41-29(43)17(2)37-3)14-18-12-20(15-21(13-18)32(34,35)36)27(42)19-8-10-22(33)11-9-19/h5-13,15,17,37H,14H2,1-4H3,(H,38,44)(H,40,45)(H,39,41,43)/t17-/m0/s1. The van der Waals surface area contributed by atoms with Crippen molar-refractivity contribution in [3.05, 3.63) is 116 Å². The molecule has 13 heteroatoms. The molecule has 3 aromatic carbocycles. The van der Waals surface area contributed by atoms with E-state index in [0.29, 0.717) is 17.2 Å². The van der Waals surface area contributed by atoms with Crippen molar-refractivity contribution in [2.45, 2.75) is 32.5 Å². The van der Waals surface area contributed by atoms with Crippen molar-refractivity contribution in [2.75, 3.05) is 19.4 Å². The lowest BCUT2D eigenvalue weighted by Crippen LogP contribution is -2.37. The van der Waals surface area contributed by atoms with Crippen molar-refractivity contribution in [2.24, 2.45) is 0 Å². The molecule has 234 valence electrons. The maximum atomic E-state index is 14.0. The number of aromatic amines is 1. The van der Waals surface area contributed by atoms with Crippen molar-refractivity contribution in [1.82, 2.24) is 20.6 Å². The first-order valence-electron chi connectivity index (χ1n) is 13.7. The summed E-state index contributed by atoms with van der Waals surface area (Å²) in [6, 6.07) is 11.2. The van der Waals surface area contributed by atoms with Gasteiger partial charge in [-0.2, -0.15) is 13.2 Å². The van der Waals surface area contributed by atoms with Crippen molar-refractivity contribution < 1.29 is 31.9 Å². The third kappa shape index (κ3) is 7.32. The van der Waals surface area contributed by atoms with Gasteiger partial charge in [-0.15, -0.1) is 0 Å². The van der Waals surface area contributed by atoms with Gasteiger partial charge in [0.05, 0.1) is 23.0 Å². The third-order valence-corrected chi connectivity index (χ3v) is 7.19. The Balaban J connectivity index is 1.91. The summed E-state index contributed by atoms with van der Waals surface area (Å²) in [6.45, 7) is 3.19. The number of carbonyl (C=O) groups excluding carboxylic acids is 3. The zero-order valence-electron chi connectivity index (χ0n) is 24.7. The molecule has 0 unspecified atom stereocenters. The van der Waals surface area contributed by atoms with Crippen molar-refractivity contribution in [1.29, 1.82) is 0 Å². The summed E-state index contributed by atoms with van der Waals surface area (Å²) >= 11 is 0. The van der Waals surface area contributed by atoms with E-state index < -0.39 is 52.6 Å². The number of hydrogen-bond donors (Lipinski definition) is 4. The van der Waals surface area contributed by atoms with E-state index in [1.54, 1.807) is 32.0 Å². The van der Waals surface area contributed by atoms with Gasteiger partial charge in [-0.25, -0.2) is 9.37 Å². The third-order valence-electron chi connectivity index (χ3n) is 7.19. The summed E-state index contributed by atoms with van der Waals surface area (Å²) in [5.41, 5.74) is -0.937. The lowest BCUT2D eigenvalue weighted by Gasteiger charge is -2.17. The number of carbonyl (C=O) groups is 3. The number of nitrogens with zero attached hydrogens (tertiary/aromatic N) is 1. The van der Waals surface area contributed by atoms with Crippen LogP contribution in [0.4, 0.5) is 23.4 Å². The van der Waals surface area contributed by atoms with E-state index in [4.69, 9.17) is 0 Å². The maximum absolute atomic E-state index is 14.0. The quantitative estimate of drug-likeness (QED) is 0.159. The second kappa shape index (κ2) is 13.2. The number of likely N-dealkylation sites (N-methyl/N-ethyl adjacent to an activating group) is 1. The summed E-state index contributed by atoms with van der Waals surface area (Å²) in [5, 5.41) is 7.68. The zero-order chi connectivity index (χ0) is 33.1. The van der Waals surface area contributed by atoms with Gasteiger partial charge in [0.15, 0.2) is 11.6 Å². The molecule has 0 saturated heterocycles. The lowest BCUT2D eigenvalue weighted by atomic mass is 9.94. The summed E-state index contributed by atoms with van der Waals surface area (Å²) in [4.78, 5) is 58.4. The van der Waals surface area contributed by atoms with Crippen LogP contribution in [-0.4, -0.2) is 47.7 Å².